The number of carboxylic acid groups (broad SMARTS) is 1. The van der Waals surface area contributed by atoms with Gasteiger partial charge in [-0.05, 0) is 25.5 Å². The number of nitrogens with zero attached hydrogens (tertiary/aromatic N) is 1. The van der Waals surface area contributed by atoms with Gasteiger partial charge in [0.2, 0.25) is 11.7 Å². The second-order valence-corrected chi connectivity index (χ2v) is 4.65. The van der Waals surface area contributed by atoms with Crippen LogP contribution in [0.2, 0.25) is 0 Å². The molecule has 0 aromatic carbocycles. The first-order chi connectivity index (χ1) is 7.61. The second-order valence-electron chi connectivity index (χ2n) is 3.36. The normalized spacial score (nSPS) is 10.6. The van der Waals surface area contributed by atoms with Crippen LogP contribution in [0.25, 0.3) is 10.8 Å². The molecule has 2 aromatic rings. The minimum atomic E-state index is -1.07. The molecule has 0 atom stereocenters. The van der Waals surface area contributed by atoms with Crippen LogP contribution in [-0.2, 0) is 6.42 Å². The SMILES string of the molecule is CCc1nc(-c2ccc(C)s2)oc1C(=O)O. The van der Waals surface area contributed by atoms with E-state index in [1.54, 1.807) is 0 Å². The van der Waals surface area contributed by atoms with Gasteiger partial charge in [-0.2, -0.15) is 0 Å². The lowest BCUT2D eigenvalue weighted by Gasteiger charge is -1.88. The van der Waals surface area contributed by atoms with Gasteiger partial charge in [0.25, 0.3) is 0 Å². The number of carboxylic acids is 1. The second kappa shape index (κ2) is 4.09. The Bertz CT molecular complexity index is 527. The highest BCUT2D eigenvalue weighted by atomic mass is 32.1. The standard InChI is InChI=1S/C11H11NO3S/c1-3-7-9(11(13)14)15-10(12-7)8-5-4-6(2)16-8/h4-5H,3H2,1-2H3,(H,13,14). The van der Waals surface area contributed by atoms with Gasteiger partial charge in [0.1, 0.15) is 0 Å². The van der Waals surface area contributed by atoms with E-state index in [0.717, 1.165) is 9.75 Å². The predicted molar refractivity (Wildman–Crippen MR) is 60.9 cm³/mol. The van der Waals surface area contributed by atoms with Gasteiger partial charge in [0, 0.05) is 4.88 Å². The molecule has 0 amide bonds. The third kappa shape index (κ3) is 1.86. The molecule has 0 unspecified atom stereocenters. The summed E-state index contributed by atoms with van der Waals surface area (Å²) >= 11 is 1.54. The van der Waals surface area contributed by atoms with Crippen molar-refractivity contribution in [2.45, 2.75) is 20.3 Å². The number of hydrogen-bond donors (Lipinski definition) is 1. The summed E-state index contributed by atoms with van der Waals surface area (Å²) in [7, 11) is 0. The van der Waals surface area contributed by atoms with Gasteiger partial charge in [0.05, 0.1) is 10.6 Å². The molecule has 0 aliphatic heterocycles. The molecule has 0 spiro atoms. The number of aromatic carboxylic acids is 1. The van der Waals surface area contributed by atoms with Crippen LogP contribution < -0.4 is 0 Å². The van der Waals surface area contributed by atoms with Crippen LogP contribution in [0, 0.1) is 6.92 Å². The number of aromatic nitrogens is 1. The van der Waals surface area contributed by atoms with Crippen molar-refractivity contribution >= 4 is 17.3 Å². The molecule has 0 aliphatic rings. The van der Waals surface area contributed by atoms with Crippen molar-refractivity contribution in [3.05, 3.63) is 28.5 Å². The monoisotopic (exact) mass is 237 g/mol. The van der Waals surface area contributed by atoms with E-state index in [-0.39, 0.29) is 5.76 Å². The molecule has 84 valence electrons. The van der Waals surface area contributed by atoms with Gasteiger partial charge in [-0.25, -0.2) is 9.78 Å². The maximum absolute atomic E-state index is 10.9. The van der Waals surface area contributed by atoms with E-state index >= 15 is 0 Å². The average molecular weight is 237 g/mol. The molecule has 2 heterocycles. The number of hydrogen-bond acceptors (Lipinski definition) is 4. The van der Waals surface area contributed by atoms with E-state index in [2.05, 4.69) is 4.98 Å². The third-order valence-corrected chi connectivity index (χ3v) is 3.17. The summed E-state index contributed by atoms with van der Waals surface area (Å²) in [6.07, 6.45) is 0.551. The van der Waals surface area contributed by atoms with Crippen LogP contribution in [0.5, 0.6) is 0 Å². The van der Waals surface area contributed by atoms with Crippen LogP contribution in [-0.4, -0.2) is 16.1 Å². The van der Waals surface area contributed by atoms with Crippen molar-refractivity contribution in [1.82, 2.24) is 4.98 Å². The Morgan fingerprint density at radius 1 is 1.56 bits per heavy atom. The minimum Gasteiger partial charge on any atom is -0.475 e. The zero-order valence-corrected chi connectivity index (χ0v) is 9.80. The smallest absolute Gasteiger partial charge is 0.373 e. The number of oxazole rings is 1. The van der Waals surface area contributed by atoms with Crippen LogP contribution in [0.3, 0.4) is 0 Å². The molecule has 0 bridgehead atoms. The topological polar surface area (TPSA) is 63.3 Å². The molecule has 0 fully saturated rings. The average Bonchev–Trinajstić information content (AvgIpc) is 2.82. The van der Waals surface area contributed by atoms with E-state index < -0.39 is 5.97 Å². The summed E-state index contributed by atoms with van der Waals surface area (Å²) in [5.41, 5.74) is 0.494. The molecule has 0 radical (unpaired) electrons. The largest absolute Gasteiger partial charge is 0.475 e. The highest BCUT2D eigenvalue weighted by molar-refractivity contribution is 7.15. The number of rotatable bonds is 3. The highest BCUT2D eigenvalue weighted by Gasteiger charge is 2.19. The van der Waals surface area contributed by atoms with Crippen molar-refractivity contribution < 1.29 is 14.3 Å². The zero-order chi connectivity index (χ0) is 11.7. The van der Waals surface area contributed by atoms with Crippen molar-refractivity contribution in [2.24, 2.45) is 0 Å². The fourth-order valence-corrected chi connectivity index (χ4v) is 2.21. The molecule has 0 saturated carbocycles. The van der Waals surface area contributed by atoms with Crippen LogP contribution >= 0.6 is 11.3 Å². The molecule has 0 saturated heterocycles. The molecule has 0 aliphatic carbocycles. The minimum absolute atomic E-state index is 0.0523. The van der Waals surface area contributed by atoms with Crippen molar-refractivity contribution in [3.8, 4) is 10.8 Å². The first-order valence-electron chi connectivity index (χ1n) is 4.91. The van der Waals surface area contributed by atoms with Crippen molar-refractivity contribution in [2.75, 3.05) is 0 Å². The van der Waals surface area contributed by atoms with Crippen molar-refractivity contribution in [3.63, 3.8) is 0 Å². The van der Waals surface area contributed by atoms with Gasteiger partial charge in [-0.3, -0.25) is 0 Å². The molecule has 16 heavy (non-hydrogen) atoms. The van der Waals surface area contributed by atoms with Gasteiger partial charge in [-0.1, -0.05) is 6.92 Å². The van der Waals surface area contributed by atoms with E-state index in [1.807, 2.05) is 26.0 Å². The fourth-order valence-electron chi connectivity index (χ4n) is 1.41. The summed E-state index contributed by atoms with van der Waals surface area (Å²) in [5, 5.41) is 8.93. The van der Waals surface area contributed by atoms with E-state index in [4.69, 9.17) is 9.52 Å². The van der Waals surface area contributed by atoms with E-state index in [1.165, 1.54) is 11.3 Å². The molecule has 2 rings (SSSR count). The van der Waals surface area contributed by atoms with Crippen LogP contribution in [0.15, 0.2) is 16.5 Å². The maximum atomic E-state index is 10.9. The summed E-state index contributed by atoms with van der Waals surface area (Å²) < 4.78 is 5.27. The number of carbonyl (C=O) groups is 1. The van der Waals surface area contributed by atoms with E-state index in [9.17, 15) is 4.79 Å². The Labute approximate surface area is 96.6 Å². The fraction of sp³-hybridized carbons (Fsp3) is 0.273. The number of aryl methyl sites for hydroxylation is 2. The van der Waals surface area contributed by atoms with Crippen LogP contribution in [0.4, 0.5) is 0 Å². The van der Waals surface area contributed by atoms with Gasteiger partial charge in [-0.15, -0.1) is 11.3 Å². The Kier molecular flexibility index (Phi) is 2.78. The van der Waals surface area contributed by atoms with Gasteiger partial charge >= 0.3 is 5.97 Å². The van der Waals surface area contributed by atoms with Crippen molar-refractivity contribution in [1.29, 1.82) is 0 Å². The summed E-state index contributed by atoms with van der Waals surface area (Å²) in [4.78, 5) is 17.1. The highest BCUT2D eigenvalue weighted by Crippen LogP contribution is 2.28. The lowest BCUT2D eigenvalue weighted by Crippen LogP contribution is -1.98. The van der Waals surface area contributed by atoms with E-state index in [0.29, 0.717) is 18.0 Å². The zero-order valence-electron chi connectivity index (χ0n) is 8.98. The molecule has 5 heteroatoms. The lowest BCUT2D eigenvalue weighted by atomic mass is 10.3. The molecule has 4 nitrogen and oxygen atoms in total. The quantitative estimate of drug-likeness (QED) is 0.891. The first kappa shape index (κ1) is 10.9. The van der Waals surface area contributed by atoms with Gasteiger partial charge < -0.3 is 9.52 Å². The summed E-state index contributed by atoms with van der Waals surface area (Å²) in [5.74, 6) is -0.722. The summed E-state index contributed by atoms with van der Waals surface area (Å²) in [6, 6.07) is 3.84. The Morgan fingerprint density at radius 2 is 2.31 bits per heavy atom. The Hall–Kier alpha value is -1.62. The molecule has 2 aromatic heterocycles. The predicted octanol–water partition coefficient (Wildman–Crippen LogP) is 2.97. The summed E-state index contributed by atoms with van der Waals surface area (Å²) in [6.45, 7) is 3.84. The number of thiophene rings is 1. The van der Waals surface area contributed by atoms with Crippen LogP contribution in [0.1, 0.15) is 28.0 Å². The molecular formula is C11H11NO3S. The van der Waals surface area contributed by atoms with Gasteiger partial charge in [0.15, 0.2) is 0 Å². The Balaban J connectivity index is 2.47. The lowest BCUT2D eigenvalue weighted by molar-refractivity contribution is 0.0662. The molecule has 1 N–H and O–H groups in total. The maximum Gasteiger partial charge on any atom is 0.373 e. The molecular weight excluding hydrogens is 226 g/mol. The first-order valence-corrected chi connectivity index (χ1v) is 5.73. The Morgan fingerprint density at radius 3 is 2.75 bits per heavy atom. The third-order valence-electron chi connectivity index (χ3n) is 2.18.